The SMILES string of the molecule is COC(=O)c1ccc(-n2c(C)cc(C(=O)CN3C(=O)NC4(CCCc5ccccc54)C3=O)c2C)cc1. The number of nitrogens with one attached hydrogen (secondary N) is 1. The van der Waals surface area contributed by atoms with Crippen molar-refractivity contribution in [3.63, 3.8) is 0 Å². The van der Waals surface area contributed by atoms with E-state index >= 15 is 0 Å². The second kappa shape index (κ2) is 8.78. The molecule has 36 heavy (non-hydrogen) atoms. The standard InChI is InChI=1S/C28H27N3O5/c1-17-15-22(18(2)31(17)21-12-10-20(11-13-21)25(33)36-3)24(32)16-30-26(34)28(29-27(30)35)14-6-8-19-7-4-5-9-23(19)28/h4-5,7,9-13,15H,6,8,14,16H2,1-3H3,(H,29,35). The number of hydrogen-bond donors (Lipinski definition) is 1. The summed E-state index contributed by atoms with van der Waals surface area (Å²) < 4.78 is 6.65. The molecule has 5 rings (SSSR count). The lowest BCUT2D eigenvalue weighted by atomic mass is 9.76. The third kappa shape index (κ3) is 3.61. The largest absolute Gasteiger partial charge is 0.465 e. The first-order valence-electron chi connectivity index (χ1n) is 11.9. The Hall–Kier alpha value is -4.20. The van der Waals surface area contributed by atoms with Crippen LogP contribution in [0.1, 0.15) is 56.1 Å². The Morgan fingerprint density at radius 3 is 2.50 bits per heavy atom. The molecule has 2 heterocycles. The molecule has 1 aliphatic heterocycles. The summed E-state index contributed by atoms with van der Waals surface area (Å²) in [6, 6.07) is 15.8. The van der Waals surface area contributed by atoms with Crippen molar-refractivity contribution in [1.82, 2.24) is 14.8 Å². The number of methoxy groups -OCH3 is 1. The fourth-order valence-electron chi connectivity index (χ4n) is 5.49. The monoisotopic (exact) mass is 485 g/mol. The molecule has 1 aliphatic carbocycles. The van der Waals surface area contributed by atoms with Gasteiger partial charge >= 0.3 is 12.0 Å². The number of imide groups is 1. The Morgan fingerprint density at radius 2 is 1.78 bits per heavy atom. The van der Waals surface area contributed by atoms with Crippen LogP contribution in [-0.2, 0) is 21.5 Å². The number of ketones is 1. The predicted octanol–water partition coefficient (Wildman–Crippen LogP) is 3.85. The molecule has 1 N–H and O–H groups in total. The van der Waals surface area contributed by atoms with Gasteiger partial charge in [-0.15, -0.1) is 0 Å². The number of amides is 3. The summed E-state index contributed by atoms with van der Waals surface area (Å²) in [5.74, 6) is -1.12. The summed E-state index contributed by atoms with van der Waals surface area (Å²) in [7, 11) is 1.33. The summed E-state index contributed by atoms with van der Waals surface area (Å²) >= 11 is 0. The first-order chi connectivity index (χ1) is 17.3. The zero-order valence-corrected chi connectivity index (χ0v) is 20.5. The van der Waals surface area contributed by atoms with Crippen LogP contribution in [0, 0.1) is 13.8 Å². The van der Waals surface area contributed by atoms with Gasteiger partial charge in [0.15, 0.2) is 5.78 Å². The number of nitrogens with zero attached hydrogens (tertiary/aromatic N) is 2. The molecule has 0 radical (unpaired) electrons. The van der Waals surface area contributed by atoms with E-state index in [-0.39, 0.29) is 18.2 Å². The van der Waals surface area contributed by atoms with E-state index in [1.54, 1.807) is 30.3 Å². The molecule has 1 unspecified atom stereocenters. The molecule has 1 spiro atoms. The molecule has 1 aromatic heterocycles. The molecule has 2 aliphatic rings. The normalized spacial score (nSPS) is 18.8. The molecule has 8 nitrogen and oxygen atoms in total. The van der Waals surface area contributed by atoms with Crippen molar-refractivity contribution >= 4 is 23.7 Å². The maximum atomic E-state index is 13.6. The van der Waals surface area contributed by atoms with E-state index in [4.69, 9.17) is 4.74 Å². The van der Waals surface area contributed by atoms with Gasteiger partial charge in [-0.3, -0.25) is 14.5 Å². The van der Waals surface area contributed by atoms with Crippen molar-refractivity contribution in [2.75, 3.05) is 13.7 Å². The van der Waals surface area contributed by atoms with E-state index in [0.717, 1.165) is 40.2 Å². The molecular formula is C28H27N3O5. The second-order valence-corrected chi connectivity index (χ2v) is 9.32. The number of hydrogen-bond acceptors (Lipinski definition) is 5. The number of esters is 1. The number of rotatable bonds is 5. The minimum atomic E-state index is -1.11. The molecule has 1 fully saturated rings. The summed E-state index contributed by atoms with van der Waals surface area (Å²) in [4.78, 5) is 52.6. The zero-order chi connectivity index (χ0) is 25.6. The number of carbonyl (C=O) groups excluding carboxylic acids is 4. The average Bonchev–Trinajstić information content (AvgIpc) is 3.31. The van der Waals surface area contributed by atoms with Gasteiger partial charge in [0, 0.05) is 22.6 Å². The van der Waals surface area contributed by atoms with E-state index in [2.05, 4.69) is 5.32 Å². The molecule has 0 saturated carbocycles. The van der Waals surface area contributed by atoms with Gasteiger partial charge in [-0.05, 0) is 74.6 Å². The van der Waals surface area contributed by atoms with Crippen LogP contribution < -0.4 is 5.32 Å². The van der Waals surface area contributed by atoms with Crippen molar-refractivity contribution in [2.45, 2.75) is 38.6 Å². The van der Waals surface area contributed by atoms with E-state index in [1.807, 2.05) is 42.7 Å². The van der Waals surface area contributed by atoms with Gasteiger partial charge in [0.2, 0.25) is 0 Å². The Morgan fingerprint density at radius 1 is 1.06 bits per heavy atom. The van der Waals surface area contributed by atoms with Crippen LogP contribution in [0.4, 0.5) is 4.79 Å². The molecule has 184 valence electrons. The van der Waals surface area contributed by atoms with Gasteiger partial charge in [-0.2, -0.15) is 0 Å². The Kier molecular flexibility index (Phi) is 5.74. The van der Waals surface area contributed by atoms with Crippen LogP contribution in [0.5, 0.6) is 0 Å². The fraction of sp³-hybridized carbons (Fsp3) is 0.286. The number of Topliss-reactive ketones (excluding diaryl/α,β-unsaturated/α-hetero) is 1. The van der Waals surface area contributed by atoms with Crippen molar-refractivity contribution in [3.05, 3.63) is 88.2 Å². The van der Waals surface area contributed by atoms with E-state index < -0.39 is 17.5 Å². The first-order valence-corrected chi connectivity index (χ1v) is 11.9. The van der Waals surface area contributed by atoms with Crippen molar-refractivity contribution in [2.24, 2.45) is 0 Å². The summed E-state index contributed by atoms with van der Waals surface area (Å²) in [6.45, 7) is 3.36. The van der Waals surface area contributed by atoms with E-state index in [0.29, 0.717) is 23.2 Å². The highest BCUT2D eigenvalue weighted by molar-refractivity contribution is 6.12. The van der Waals surface area contributed by atoms with Gasteiger partial charge in [0.1, 0.15) is 5.54 Å². The number of ether oxygens (including phenoxy) is 1. The predicted molar refractivity (Wildman–Crippen MR) is 132 cm³/mol. The molecule has 2 aromatic carbocycles. The van der Waals surface area contributed by atoms with E-state index in [9.17, 15) is 19.2 Å². The van der Waals surface area contributed by atoms with Crippen molar-refractivity contribution in [1.29, 1.82) is 0 Å². The third-order valence-corrected chi connectivity index (χ3v) is 7.23. The van der Waals surface area contributed by atoms with Crippen molar-refractivity contribution in [3.8, 4) is 5.69 Å². The lowest BCUT2D eigenvalue weighted by Crippen LogP contribution is -2.46. The number of aryl methyl sites for hydroxylation is 2. The minimum Gasteiger partial charge on any atom is -0.465 e. The maximum Gasteiger partial charge on any atom is 0.337 e. The summed E-state index contributed by atoms with van der Waals surface area (Å²) in [6.07, 6.45) is 2.14. The lowest BCUT2D eigenvalue weighted by Gasteiger charge is -2.33. The molecule has 3 aromatic rings. The van der Waals surface area contributed by atoms with Gasteiger partial charge in [-0.1, -0.05) is 24.3 Å². The van der Waals surface area contributed by atoms with Gasteiger partial charge < -0.3 is 14.6 Å². The highest BCUT2D eigenvalue weighted by Crippen LogP contribution is 2.40. The Bertz CT molecular complexity index is 1410. The first kappa shape index (κ1) is 23.5. The molecule has 3 amide bonds. The highest BCUT2D eigenvalue weighted by Gasteiger charge is 2.54. The van der Waals surface area contributed by atoms with Crippen LogP contribution in [0.2, 0.25) is 0 Å². The number of fused-ring (bicyclic) bond motifs is 2. The maximum absolute atomic E-state index is 13.6. The minimum absolute atomic E-state index is 0.315. The van der Waals surface area contributed by atoms with Gasteiger partial charge in [-0.25, -0.2) is 9.59 Å². The topological polar surface area (TPSA) is 97.7 Å². The third-order valence-electron chi connectivity index (χ3n) is 7.23. The van der Waals surface area contributed by atoms with Crippen LogP contribution in [0.25, 0.3) is 5.69 Å². The van der Waals surface area contributed by atoms with Gasteiger partial charge in [0.05, 0.1) is 19.2 Å². The van der Waals surface area contributed by atoms with Crippen LogP contribution in [0.15, 0.2) is 54.6 Å². The summed E-state index contributed by atoms with van der Waals surface area (Å²) in [5, 5.41) is 2.90. The fourth-order valence-corrected chi connectivity index (χ4v) is 5.49. The highest BCUT2D eigenvalue weighted by atomic mass is 16.5. The van der Waals surface area contributed by atoms with E-state index in [1.165, 1.54) is 7.11 Å². The zero-order valence-electron chi connectivity index (χ0n) is 20.5. The number of carbonyl (C=O) groups is 4. The molecule has 8 heteroatoms. The van der Waals surface area contributed by atoms with Crippen LogP contribution in [-0.4, -0.2) is 46.8 Å². The Labute approximate surface area is 208 Å². The summed E-state index contributed by atoms with van der Waals surface area (Å²) in [5.41, 5.74) is 3.91. The average molecular weight is 486 g/mol. The van der Waals surface area contributed by atoms with Crippen molar-refractivity contribution < 1.29 is 23.9 Å². The Balaban J connectivity index is 1.41. The quantitative estimate of drug-likeness (QED) is 0.336. The van der Waals surface area contributed by atoms with Gasteiger partial charge in [0.25, 0.3) is 5.91 Å². The molecular weight excluding hydrogens is 458 g/mol. The lowest BCUT2D eigenvalue weighted by molar-refractivity contribution is -0.131. The smallest absolute Gasteiger partial charge is 0.337 e. The van der Waals surface area contributed by atoms with Crippen LogP contribution >= 0.6 is 0 Å². The molecule has 1 atom stereocenters. The number of aromatic nitrogens is 1. The number of benzene rings is 2. The molecule has 0 bridgehead atoms. The molecule has 1 saturated heterocycles. The second-order valence-electron chi connectivity index (χ2n) is 9.32. The van der Waals surface area contributed by atoms with Crippen LogP contribution in [0.3, 0.4) is 0 Å². The number of urea groups is 1.